The van der Waals surface area contributed by atoms with Gasteiger partial charge < -0.3 is 9.47 Å². The molecule has 2 aromatic rings. The Morgan fingerprint density at radius 3 is 2.63 bits per heavy atom. The Kier molecular flexibility index (Phi) is 2.85. The first-order valence-electron chi connectivity index (χ1n) is 6.76. The monoisotopic (exact) mass is 257 g/mol. The standard InChI is InChI=1S/C16H19NO2/c1-16(2,3)19-15-14-7-6-13(18-12-4-5-12)10-11(14)8-9-17-15/h6-10,12H,4-5H2,1-3H3. The van der Waals surface area contributed by atoms with E-state index >= 15 is 0 Å². The second kappa shape index (κ2) is 4.41. The number of fused-ring (bicyclic) bond motifs is 1. The molecule has 3 nitrogen and oxygen atoms in total. The fourth-order valence-electron chi connectivity index (χ4n) is 1.95. The van der Waals surface area contributed by atoms with Gasteiger partial charge in [-0.15, -0.1) is 0 Å². The van der Waals surface area contributed by atoms with Crippen LogP contribution >= 0.6 is 0 Å². The molecule has 0 atom stereocenters. The summed E-state index contributed by atoms with van der Waals surface area (Å²) in [5.41, 5.74) is -0.246. The van der Waals surface area contributed by atoms with Gasteiger partial charge in [0, 0.05) is 11.6 Å². The molecule has 1 aromatic heterocycles. The molecule has 0 radical (unpaired) electrons. The van der Waals surface area contributed by atoms with Crippen LogP contribution in [0.3, 0.4) is 0 Å². The number of aromatic nitrogens is 1. The molecule has 100 valence electrons. The maximum atomic E-state index is 5.90. The zero-order valence-corrected chi connectivity index (χ0v) is 11.6. The van der Waals surface area contributed by atoms with Crippen molar-refractivity contribution < 1.29 is 9.47 Å². The second-order valence-corrected chi connectivity index (χ2v) is 6.03. The number of pyridine rings is 1. The first-order chi connectivity index (χ1) is 9.01. The molecule has 0 amide bonds. The molecule has 1 aliphatic carbocycles. The molecule has 3 rings (SSSR count). The molecule has 1 fully saturated rings. The highest BCUT2D eigenvalue weighted by atomic mass is 16.5. The van der Waals surface area contributed by atoms with Crippen molar-refractivity contribution in [3.8, 4) is 11.6 Å². The lowest BCUT2D eigenvalue weighted by Gasteiger charge is -2.21. The van der Waals surface area contributed by atoms with Crippen LogP contribution in [0.1, 0.15) is 33.6 Å². The largest absolute Gasteiger partial charge is 0.490 e. The van der Waals surface area contributed by atoms with Gasteiger partial charge in [-0.25, -0.2) is 4.98 Å². The average molecular weight is 257 g/mol. The first kappa shape index (κ1) is 12.3. The van der Waals surface area contributed by atoms with Crippen LogP contribution in [0.25, 0.3) is 10.8 Å². The lowest BCUT2D eigenvalue weighted by atomic mass is 10.1. The molecule has 0 saturated heterocycles. The number of ether oxygens (including phenoxy) is 2. The van der Waals surface area contributed by atoms with Crippen molar-refractivity contribution >= 4 is 10.8 Å². The van der Waals surface area contributed by atoms with Gasteiger partial charge in [-0.05, 0) is 63.3 Å². The van der Waals surface area contributed by atoms with Crippen molar-refractivity contribution in [1.82, 2.24) is 4.98 Å². The Labute approximate surface area is 113 Å². The summed E-state index contributed by atoms with van der Waals surface area (Å²) in [4.78, 5) is 4.33. The molecule has 0 bridgehead atoms. The van der Waals surface area contributed by atoms with E-state index in [0.717, 1.165) is 16.5 Å². The Bertz CT molecular complexity index is 597. The summed E-state index contributed by atoms with van der Waals surface area (Å²) in [6.45, 7) is 6.08. The smallest absolute Gasteiger partial charge is 0.221 e. The maximum absolute atomic E-state index is 5.90. The summed E-state index contributed by atoms with van der Waals surface area (Å²) < 4.78 is 11.7. The van der Waals surface area contributed by atoms with E-state index in [1.54, 1.807) is 6.20 Å². The van der Waals surface area contributed by atoms with Crippen LogP contribution in [-0.4, -0.2) is 16.7 Å². The van der Waals surface area contributed by atoms with Crippen LogP contribution < -0.4 is 9.47 Å². The van der Waals surface area contributed by atoms with Gasteiger partial charge in [-0.1, -0.05) is 0 Å². The summed E-state index contributed by atoms with van der Waals surface area (Å²) in [5.74, 6) is 1.62. The zero-order valence-electron chi connectivity index (χ0n) is 11.6. The summed E-state index contributed by atoms with van der Waals surface area (Å²) in [5, 5.41) is 2.13. The van der Waals surface area contributed by atoms with Crippen molar-refractivity contribution in [3.63, 3.8) is 0 Å². The Morgan fingerprint density at radius 2 is 1.95 bits per heavy atom. The molecule has 0 aliphatic heterocycles. The number of hydrogen-bond donors (Lipinski definition) is 0. The number of rotatable bonds is 3. The van der Waals surface area contributed by atoms with Crippen molar-refractivity contribution in [1.29, 1.82) is 0 Å². The van der Waals surface area contributed by atoms with Gasteiger partial charge in [0.25, 0.3) is 0 Å². The first-order valence-corrected chi connectivity index (χ1v) is 6.76. The molecule has 1 saturated carbocycles. The van der Waals surface area contributed by atoms with E-state index in [1.165, 1.54) is 12.8 Å². The van der Waals surface area contributed by atoms with E-state index in [9.17, 15) is 0 Å². The molecule has 3 heteroatoms. The van der Waals surface area contributed by atoms with Gasteiger partial charge in [0.1, 0.15) is 11.4 Å². The highest BCUT2D eigenvalue weighted by Gasteiger charge is 2.23. The molecule has 1 heterocycles. The Morgan fingerprint density at radius 1 is 1.16 bits per heavy atom. The summed E-state index contributed by atoms with van der Waals surface area (Å²) >= 11 is 0. The average Bonchev–Trinajstić information content (AvgIpc) is 3.11. The van der Waals surface area contributed by atoms with Crippen molar-refractivity contribution in [2.75, 3.05) is 0 Å². The minimum absolute atomic E-state index is 0.246. The quantitative estimate of drug-likeness (QED) is 0.834. The molecule has 0 N–H and O–H groups in total. The number of hydrogen-bond acceptors (Lipinski definition) is 3. The third-order valence-electron chi connectivity index (χ3n) is 2.93. The van der Waals surface area contributed by atoms with E-state index in [4.69, 9.17) is 9.47 Å². The fraction of sp³-hybridized carbons (Fsp3) is 0.438. The normalized spacial score (nSPS) is 15.5. The van der Waals surface area contributed by atoms with E-state index < -0.39 is 0 Å². The van der Waals surface area contributed by atoms with Crippen LogP contribution in [-0.2, 0) is 0 Å². The fourth-order valence-corrected chi connectivity index (χ4v) is 1.95. The molecular formula is C16H19NO2. The number of nitrogens with zero attached hydrogens (tertiary/aromatic N) is 1. The lowest BCUT2D eigenvalue weighted by Crippen LogP contribution is -2.23. The SMILES string of the molecule is CC(C)(C)Oc1nccc2cc(OC3CC3)ccc12. The van der Waals surface area contributed by atoms with Crippen LogP contribution in [0.15, 0.2) is 30.5 Å². The molecule has 1 aromatic carbocycles. The van der Waals surface area contributed by atoms with Gasteiger partial charge in [0.05, 0.1) is 6.10 Å². The zero-order chi connectivity index (χ0) is 13.5. The third-order valence-corrected chi connectivity index (χ3v) is 2.93. The molecular weight excluding hydrogens is 238 g/mol. The lowest BCUT2D eigenvalue weighted by molar-refractivity contribution is 0.126. The highest BCUT2D eigenvalue weighted by Crippen LogP contribution is 2.32. The van der Waals surface area contributed by atoms with Crippen LogP contribution in [0.2, 0.25) is 0 Å². The van der Waals surface area contributed by atoms with Gasteiger partial charge in [-0.2, -0.15) is 0 Å². The van der Waals surface area contributed by atoms with Gasteiger partial charge in [-0.3, -0.25) is 0 Å². The van der Waals surface area contributed by atoms with Crippen molar-refractivity contribution in [3.05, 3.63) is 30.5 Å². The highest BCUT2D eigenvalue weighted by molar-refractivity contribution is 5.87. The number of benzene rings is 1. The van der Waals surface area contributed by atoms with E-state index in [-0.39, 0.29) is 5.60 Å². The Hall–Kier alpha value is -1.77. The topological polar surface area (TPSA) is 31.4 Å². The summed E-state index contributed by atoms with van der Waals surface area (Å²) in [6.07, 6.45) is 4.55. The molecule has 0 unspecified atom stereocenters. The predicted molar refractivity (Wildman–Crippen MR) is 75.8 cm³/mol. The molecule has 0 spiro atoms. The van der Waals surface area contributed by atoms with E-state index in [2.05, 4.69) is 11.1 Å². The van der Waals surface area contributed by atoms with Crippen molar-refractivity contribution in [2.24, 2.45) is 0 Å². The summed E-state index contributed by atoms with van der Waals surface area (Å²) in [7, 11) is 0. The van der Waals surface area contributed by atoms with Gasteiger partial charge in [0.2, 0.25) is 5.88 Å². The van der Waals surface area contributed by atoms with Crippen molar-refractivity contribution in [2.45, 2.75) is 45.3 Å². The minimum atomic E-state index is -0.246. The minimum Gasteiger partial charge on any atom is -0.490 e. The van der Waals surface area contributed by atoms with Gasteiger partial charge in [0.15, 0.2) is 0 Å². The van der Waals surface area contributed by atoms with E-state index in [1.807, 2.05) is 39.0 Å². The third kappa shape index (κ3) is 2.98. The Balaban J connectivity index is 1.95. The van der Waals surface area contributed by atoms with Crippen LogP contribution in [0, 0.1) is 0 Å². The van der Waals surface area contributed by atoms with Gasteiger partial charge >= 0.3 is 0 Å². The van der Waals surface area contributed by atoms with Crippen LogP contribution in [0.5, 0.6) is 11.6 Å². The molecule has 19 heavy (non-hydrogen) atoms. The molecule has 1 aliphatic rings. The maximum Gasteiger partial charge on any atom is 0.221 e. The van der Waals surface area contributed by atoms with Crippen LogP contribution in [0.4, 0.5) is 0 Å². The predicted octanol–water partition coefficient (Wildman–Crippen LogP) is 3.95. The second-order valence-electron chi connectivity index (χ2n) is 6.03. The summed E-state index contributed by atoms with van der Waals surface area (Å²) in [6, 6.07) is 8.08. The van der Waals surface area contributed by atoms with E-state index in [0.29, 0.717) is 12.0 Å².